The zero-order chi connectivity index (χ0) is 13.7. The summed E-state index contributed by atoms with van der Waals surface area (Å²) in [4.78, 5) is 5.84. The molecule has 0 saturated carbocycles. The Labute approximate surface area is 115 Å². The molecule has 0 N–H and O–H groups in total. The minimum Gasteiger partial charge on any atom is -0.377 e. The SMILES string of the molecule is CC/C=C(\C)Sc1ncc(C)c(C(C)OC)c1C. The van der Waals surface area contributed by atoms with E-state index in [4.69, 9.17) is 4.74 Å². The molecule has 1 aromatic heterocycles. The van der Waals surface area contributed by atoms with E-state index >= 15 is 0 Å². The van der Waals surface area contributed by atoms with E-state index in [9.17, 15) is 0 Å². The number of nitrogens with zero attached hydrogens (tertiary/aromatic N) is 1. The van der Waals surface area contributed by atoms with Crippen LogP contribution < -0.4 is 0 Å². The standard InChI is InChI=1S/C15H23NOS/c1-7-8-11(3)18-15-12(4)14(13(5)17-6)10(2)9-16-15/h8-9,13H,7H2,1-6H3/b11-8+. The van der Waals surface area contributed by atoms with Crippen LogP contribution in [0.3, 0.4) is 0 Å². The normalized spacial score (nSPS) is 13.8. The molecule has 3 heteroatoms. The number of aromatic nitrogens is 1. The van der Waals surface area contributed by atoms with Gasteiger partial charge < -0.3 is 4.74 Å². The first-order chi connectivity index (χ1) is 8.51. The molecule has 100 valence electrons. The van der Waals surface area contributed by atoms with Crippen LogP contribution in [0.4, 0.5) is 0 Å². The summed E-state index contributed by atoms with van der Waals surface area (Å²) in [5, 5.41) is 1.08. The number of rotatable bonds is 5. The van der Waals surface area contributed by atoms with E-state index in [1.807, 2.05) is 6.20 Å². The third kappa shape index (κ3) is 3.59. The van der Waals surface area contributed by atoms with E-state index in [-0.39, 0.29) is 6.10 Å². The van der Waals surface area contributed by atoms with Crippen molar-refractivity contribution < 1.29 is 4.74 Å². The molecule has 1 atom stereocenters. The van der Waals surface area contributed by atoms with Crippen molar-refractivity contribution in [3.63, 3.8) is 0 Å². The predicted octanol–water partition coefficient (Wildman–Crippen LogP) is 4.81. The molecule has 0 bridgehead atoms. The number of thioether (sulfide) groups is 1. The van der Waals surface area contributed by atoms with Crippen LogP contribution in [0.25, 0.3) is 0 Å². The number of ether oxygens (including phenoxy) is 1. The van der Waals surface area contributed by atoms with Gasteiger partial charge in [0.25, 0.3) is 0 Å². The summed E-state index contributed by atoms with van der Waals surface area (Å²) < 4.78 is 5.45. The largest absolute Gasteiger partial charge is 0.377 e. The fourth-order valence-corrected chi connectivity index (χ4v) is 2.98. The summed E-state index contributed by atoms with van der Waals surface area (Å²) in [6, 6.07) is 0. The van der Waals surface area contributed by atoms with E-state index < -0.39 is 0 Å². The maximum Gasteiger partial charge on any atom is 0.104 e. The third-order valence-electron chi connectivity index (χ3n) is 3.03. The highest BCUT2D eigenvalue weighted by Crippen LogP contribution is 2.33. The topological polar surface area (TPSA) is 22.1 Å². The summed E-state index contributed by atoms with van der Waals surface area (Å²) in [6.07, 6.45) is 5.35. The summed E-state index contributed by atoms with van der Waals surface area (Å²) >= 11 is 1.74. The molecular weight excluding hydrogens is 242 g/mol. The molecule has 0 radical (unpaired) electrons. The van der Waals surface area contributed by atoms with Gasteiger partial charge in [-0.05, 0) is 55.7 Å². The van der Waals surface area contributed by atoms with E-state index in [1.165, 1.54) is 21.6 Å². The number of hydrogen-bond donors (Lipinski definition) is 0. The van der Waals surface area contributed by atoms with Gasteiger partial charge in [-0.3, -0.25) is 0 Å². The van der Waals surface area contributed by atoms with Gasteiger partial charge in [-0.1, -0.05) is 24.8 Å². The number of pyridine rings is 1. The predicted molar refractivity (Wildman–Crippen MR) is 79.0 cm³/mol. The van der Waals surface area contributed by atoms with Gasteiger partial charge >= 0.3 is 0 Å². The van der Waals surface area contributed by atoms with Gasteiger partial charge in [-0.15, -0.1) is 0 Å². The van der Waals surface area contributed by atoms with E-state index in [0.29, 0.717) is 0 Å². The van der Waals surface area contributed by atoms with Crippen LogP contribution in [0.15, 0.2) is 22.2 Å². The maximum atomic E-state index is 5.45. The van der Waals surface area contributed by atoms with Crippen molar-refractivity contribution in [1.82, 2.24) is 4.98 Å². The number of allylic oxidation sites excluding steroid dienone is 2. The Kier molecular flexibility index (Phi) is 5.89. The Hall–Kier alpha value is -0.800. The summed E-state index contributed by atoms with van der Waals surface area (Å²) in [5.74, 6) is 0. The van der Waals surface area contributed by atoms with E-state index in [1.54, 1.807) is 18.9 Å². The minimum absolute atomic E-state index is 0.114. The Morgan fingerprint density at radius 3 is 2.72 bits per heavy atom. The first-order valence-corrected chi connectivity index (χ1v) is 7.16. The zero-order valence-electron chi connectivity index (χ0n) is 12.2. The lowest BCUT2D eigenvalue weighted by Crippen LogP contribution is -2.04. The van der Waals surface area contributed by atoms with Gasteiger partial charge in [0.2, 0.25) is 0 Å². The van der Waals surface area contributed by atoms with Gasteiger partial charge in [0.05, 0.1) is 6.10 Å². The Balaban J connectivity index is 3.12. The minimum atomic E-state index is 0.114. The molecular formula is C15H23NOS. The first-order valence-electron chi connectivity index (χ1n) is 6.34. The summed E-state index contributed by atoms with van der Waals surface area (Å²) in [6.45, 7) is 10.6. The molecule has 18 heavy (non-hydrogen) atoms. The van der Waals surface area contributed by atoms with Gasteiger partial charge in [0, 0.05) is 13.3 Å². The molecule has 0 saturated heterocycles. The van der Waals surface area contributed by atoms with Crippen LogP contribution in [0.2, 0.25) is 0 Å². The molecule has 0 aliphatic heterocycles. The van der Waals surface area contributed by atoms with Crippen molar-refractivity contribution in [3.05, 3.63) is 33.9 Å². The number of hydrogen-bond acceptors (Lipinski definition) is 3. The monoisotopic (exact) mass is 265 g/mol. The van der Waals surface area contributed by atoms with Crippen LogP contribution in [-0.4, -0.2) is 12.1 Å². The average Bonchev–Trinajstić information content (AvgIpc) is 2.33. The van der Waals surface area contributed by atoms with Gasteiger partial charge in [-0.25, -0.2) is 4.98 Å². The fourth-order valence-electron chi connectivity index (χ4n) is 2.06. The van der Waals surface area contributed by atoms with Gasteiger partial charge in [-0.2, -0.15) is 0 Å². The molecule has 0 amide bonds. The van der Waals surface area contributed by atoms with Crippen molar-refractivity contribution in [1.29, 1.82) is 0 Å². The van der Waals surface area contributed by atoms with Crippen LogP contribution in [-0.2, 0) is 4.74 Å². The van der Waals surface area contributed by atoms with Gasteiger partial charge in [0.15, 0.2) is 0 Å². The first kappa shape index (κ1) is 15.3. The Morgan fingerprint density at radius 1 is 1.50 bits per heavy atom. The second-order valence-corrected chi connectivity index (χ2v) is 5.72. The smallest absolute Gasteiger partial charge is 0.104 e. The van der Waals surface area contributed by atoms with Gasteiger partial charge in [0.1, 0.15) is 5.03 Å². The third-order valence-corrected chi connectivity index (χ3v) is 4.13. The van der Waals surface area contributed by atoms with Crippen molar-refractivity contribution in [3.8, 4) is 0 Å². The maximum absolute atomic E-state index is 5.45. The van der Waals surface area contributed by atoms with Crippen molar-refractivity contribution in [2.75, 3.05) is 7.11 Å². The molecule has 1 aromatic rings. The van der Waals surface area contributed by atoms with Crippen LogP contribution >= 0.6 is 11.8 Å². The van der Waals surface area contributed by atoms with Crippen LogP contribution in [0, 0.1) is 13.8 Å². The molecule has 2 nitrogen and oxygen atoms in total. The van der Waals surface area contributed by atoms with Crippen molar-refractivity contribution in [2.24, 2.45) is 0 Å². The highest BCUT2D eigenvalue weighted by Gasteiger charge is 2.15. The summed E-state index contributed by atoms with van der Waals surface area (Å²) in [7, 11) is 1.75. The molecule has 1 unspecified atom stereocenters. The molecule has 0 aromatic carbocycles. The Bertz CT molecular complexity index is 440. The molecule has 1 heterocycles. The highest BCUT2D eigenvalue weighted by molar-refractivity contribution is 8.03. The molecule has 1 rings (SSSR count). The van der Waals surface area contributed by atoms with Crippen LogP contribution in [0.1, 0.15) is 50.0 Å². The van der Waals surface area contributed by atoms with E-state index in [0.717, 1.165) is 11.4 Å². The molecule has 0 aliphatic carbocycles. The molecule has 0 aliphatic rings. The van der Waals surface area contributed by atoms with E-state index in [2.05, 4.69) is 45.7 Å². The van der Waals surface area contributed by atoms with Crippen molar-refractivity contribution >= 4 is 11.8 Å². The quantitative estimate of drug-likeness (QED) is 0.713. The lowest BCUT2D eigenvalue weighted by Gasteiger charge is -2.18. The number of aryl methyl sites for hydroxylation is 1. The zero-order valence-corrected chi connectivity index (χ0v) is 13.0. The molecule has 0 spiro atoms. The number of methoxy groups -OCH3 is 1. The average molecular weight is 265 g/mol. The fraction of sp³-hybridized carbons (Fsp3) is 0.533. The lowest BCUT2D eigenvalue weighted by atomic mass is 10.0. The summed E-state index contributed by atoms with van der Waals surface area (Å²) in [5.41, 5.74) is 3.70. The second-order valence-electron chi connectivity index (χ2n) is 4.49. The molecule has 0 fully saturated rings. The van der Waals surface area contributed by atoms with Crippen LogP contribution in [0.5, 0.6) is 0 Å². The highest BCUT2D eigenvalue weighted by atomic mass is 32.2. The van der Waals surface area contributed by atoms with Crippen molar-refractivity contribution in [2.45, 2.75) is 52.2 Å². The Morgan fingerprint density at radius 2 is 2.17 bits per heavy atom. The second kappa shape index (κ2) is 6.95. The lowest BCUT2D eigenvalue weighted by molar-refractivity contribution is 0.118.